The fourth-order valence-electron chi connectivity index (χ4n) is 2.25. The number of ether oxygens (including phenoxy) is 2. The molecular formula is C12H25NO2. The van der Waals surface area contributed by atoms with Crippen LogP contribution in [0.15, 0.2) is 0 Å². The Morgan fingerprint density at radius 3 is 2.13 bits per heavy atom. The van der Waals surface area contributed by atoms with E-state index in [4.69, 9.17) is 9.47 Å². The number of nitrogens with zero attached hydrogens (tertiary/aromatic N) is 1. The van der Waals surface area contributed by atoms with Crippen LogP contribution in [-0.2, 0) is 9.47 Å². The zero-order valence-electron chi connectivity index (χ0n) is 10.4. The van der Waals surface area contributed by atoms with Crippen molar-refractivity contribution in [2.24, 2.45) is 0 Å². The van der Waals surface area contributed by atoms with Gasteiger partial charge in [-0.1, -0.05) is 12.8 Å². The van der Waals surface area contributed by atoms with Crippen LogP contribution in [-0.4, -0.2) is 44.0 Å². The van der Waals surface area contributed by atoms with E-state index in [9.17, 15) is 0 Å². The molecule has 0 bridgehead atoms. The van der Waals surface area contributed by atoms with Gasteiger partial charge >= 0.3 is 0 Å². The van der Waals surface area contributed by atoms with Crippen molar-refractivity contribution in [1.82, 2.24) is 4.90 Å². The van der Waals surface area contributed by atoms with E-state index in [1.165, 1.54) is 25.7 Å². The molecule has 0 heterocycles. The molecule has 0 saturated heterocycles. The zero-order chi connectivity index (χ0) is 11.1. The van der Waals surface area contributed by atoms with Crippen LogP contribution < -0.4 is 0 Å². The van der Waals surface area contributed by atoms with Gasteiger partial charge in [-0.2, -0.15) is 0 Å². The van der Waals surface area contributed by atoms with Crippen LogP contribution in [0.3, 0.4) is 0 Å². The monoisotopic (exact) mass is 215 g/mol. The maximum atomic E-state index is 5.55. The van der Waals surface area contributed by atoms with Gasteiger partial charge in [-0.15, -0.1) is 0 Å². The van der Waals surface area contributed by atoms with Crippen LogP contribution in [0.4, 0.5) is 0 Å². The summed E-state index contributed by atoms with van der Waals surface area (Å²) in [5.41, 5.74) is 0. The van der Waals surface area contributed by atoms with Gasteiger partial charge in [-0.05, 0) is 33.7 Å². The molecule has 1 aliphatic rings. The van der Waals surface area contributed by atoms with Crippen LogP contribution in [0.25, 0.3) is 0 Å². The minimum atomic E-state index is -0.0504. The highest BCUT2D eigenvalue weighted by atomic mass is 16.7. The largest absolute Gasteiger partial charge is 0.352 e. The molecule has 1 fully saturated rings. The molecule has 15 heavy (non-hydrogen) atoms. The summed E-state index contributed by atoms with van der Waals surface area (Å²) < 4.78 is 11.1. The summed E-state index contributed by atoms with van der Waals surface area (Å²) in [5.74, 6) is 0. The van der Waals surface area contributed by atoms with Crippen molar-refractivity contribution in [2.75, 3.05) is 26.8 Å². The Kier molecular flexibility index (Phi) is 6.22. The second-order valence-corrected chi connectivity index (χ2v) is 4.22. The maximum absolute atomic E-state index is 5.55. The normalized spacial score (nSPS) is 18.2. The number of hydrogen-bond donors (Lipinski definition) is 0. The van der Waals surface area contributed by atoms with Gasteiger partial charge in [0.1, 0.15) is 0 Å². The summed E-state index contributed by atoms with van der Waals surface area (Å²) in [4.78, 5) is 2.39. The van der Waals surface area contributed by atoms with E-state index in [-0.39, 0.29) is 6.29 Å². The first-order chi connectivity index (χ1) is 7.27. The molecule has 0 radical (unpaired) electrons. The van der Waals surface area contributed by atoms with Crippen molar-refractivity contribution < 1.29 is 9.47 Å². The molecule has 0 aliphatic heterocycles. The van der Waals surface area contributed by atoms with Crippen LogP contribution >= 0.6 is 0 Å². The van der Waals surface area contributed by atoms with E-state index in [0.29, 0.717) is 0 Å². The van der Waals surface area contributed by atoms with Crippen molar-refractivity contribution in [3.63, 3.8) is 0 Å². The van der Waals surface area contributed by atoms with Gasteiger partial charge in [0.05, 0.1) is 0 Å². The summed E-state index contributed by atoms with van der Waals surface area (Å²) in [6, 6.07) is 0.744. The summed E-state index contributed by atoms with van der Waals surface area (Å²) in [7, 11) is 2.18. The highest BCUT2D eigenvalue weighted by Gasteiger charge is 2.22. The molecule has 0 aromatic heterocycles. The first-order valence-electron chi connectivity index (χ1n) is 6.21. The molecule has 0 aromatic carbocycles. The van der Waals surface area contributed by atoms with Gasteiger partial charge in [0.15, 0.2) is 6.29 Å². The van der Waals surface area contributed by atoms with E-state index in [2.05, 4.69) is 11.9 Å². The molecule has 90 valence electrons. The van der Waals surface area contributed by atoms with Crippen molar-refractivity contribution in [1.29, 1.82) is 0 Å². The fraction of sp³-hybridized carbons (Fsp3) is 1.00. The van der Waals surface area contributed by atoms with E-state index >= 15 is 0 Å². The molecular weight excluding hydrogens is 190 g/mol. The van der Waals surface area contributed by atoms with E-state index in [0.717, 1.165) is 25.8 Å². The second kappa shape index (κ2) is 7.20. The molecule has 0 amide bonds. The third kappa shape index (κ3) is 4.49. The molecule has 1 rings (SSSR count). The van der Waals surface area contributed by atoms with Crippen molar-refractivity contribution in [2.45, 2.75) is 51.9 Å². The Bertz CT molecular complexity index is 152. The van der Waals surface area contributed by atoms with Gasteiger partial charge in [0.25, 0.3) is 0 Å². The van der Waals surface area contributed by atoms with E-state index in [1.54, 1.807) is 0 Å². The molecule has 0 spiro atoms. The van der Waals surface area contributed by atoms with Gasteiger partial charge in [-0.25, -0.2) is 0 Å². The Labute approximate surface area is 93.7 Å². The summed E-state index contributed by atoms with van der Waals surface area (Å²) in [5, 5.41) is 0. The van der Waals surface area contributed by atoms with Crippen molar-refractivity contribution >= 4 is 0 Å². The van der Waals surface area contributed by atoms with Gasteiger partial charge < -0.3 is 9.47 Å². The van der Waals surface area contributed by atoms with Gasteiger partial charge in [0.2, 0.25) is 0 Å². The average Bonchev–Trinajstić information content (AvgIpc) is 2.71. The third-order valence-corrected chi connectivity index (χ3v) is 3.09. The first-order valence-corrected chi connectivity index (χ1v) is 6.21. The van der Waals surface area contributed by atoms with Crippen LogP contribution in [0, 0.1) is 0 Å². The fourth-order valence-corrected chi connectivity index (χ4v) is 2.25. The minimum Gasteiger partial charge on any atom is -0.352 e. The molecule has 0 aromatic rings. The lowest BCUT2D eigenvalue weighted by Gasteiger charge is -2.28. The number of likely N-dealkylation sites (N-methyl/N-ethyl adjacent to an activating group) is 1. The Balaban J connectivity index is 2.28. The number of hydrogen-bond acceptors (Lipinski definition) is 3. The van der Waals surface area contributed by atoms with Crippen LogP contribution in [0.1, 0.15) is 39.5 Å². The molecule has 3 nitrogen and oxygen atoms in total. The van der Waals surface area contributed by atoms with Gasteiger partial charge in [-0.3, -0.25) is 4.90 Å². The Hall–Kier alpha value is -0.120. The van der Waals surface area contributed by atoms with Crippen molar-refractivity contribution in [3.8, 4) is 0 Å². The summed E-state index contributed by atoms with van der Waals surface area (Å²) in [6.07, 6.45) is 5.38. The van der Waals surface area contributed by atoms with Crippen LogP contribution in [0.2, 0.25) is 0 Å². The lowest BCUT2D eigenvalue weighted by molar-refractivity contribution is -0.148. The third-order valence-electron chi connectivity index (χ3n) is 3.09. The quantitative estimate of drug-likeness (QED) is 0.608. The molecule has 0 atom stereocenters. The lowest BCUT2D eigenvalue weighted by Crippen LogP contribution is -2.38. The smallest absolute Gasteiger partial charge is 0.170 e. The van der Waals surface area contributed by atoms with Crippen LogP contribution in [0.5, 0.6) is 0 Å². The predicted octanol–water partition coefficient (Wildman–Crippen LogP) is 2.26. The summed E-state index contributed by atoms with van der Waals surface area (Å²) >= 11 is 0. The number of rotatable bonds is 7. The van der Waals surface area contributed by atoms with E-state index < -0.39 is 0 Å². The highest BCUT2D eigenvalue weighted by Crippen LogP contribution is 2.22. The first kappa shape index (κ1) is 12.9. The average molecular weight is 215 g/mol. The lowest BCUT2D eigenvalue weighted by atomic mass is 10.2. The molecule has 0 N–H and O–H groups in total. The molecule has 1 aliphatic carbocycles. The second-order valence-electron chi connectivity index (χ2n) is 4.22. The zero-order valence-corrected chi connectivity index (χ0v) is 10.4. The maximum Gasteiger partial charge on any atom is 0.170 e. The Morgan fingerprint density at radius 2 is 1.67 bits per heavy atom. The standard InChI is InChI=1S/C12H25NO2/c1-4-14-12(15-5-2)10-13(3)11-8-6-7-9-11/h11-12H,4-10H2,1-3H3. The predicted molar refractivity (Wildman–Crippen MR) is 61.9 cm³/mol. The Morgan fingerprint density at radius 1 is 1.13 bits per heavy atom. The SMILES string of the molecule is CCOC(CN(C)C1CCCC1)OCC. The molecule has 3 heteroatoms. The molecule has 0 unspecified atom stereocenters. The summed E-state index contributed by atoms with van der Waals surface area (Å²) in [6.45, 7) is 6.38. The topological polar surface area (TPSA) is 21.7 Å². The van der Waals surface area contributed by atoms with E-state index in [1.807, 2.05) is 13.8 Å². The minimum absolute atomic E-state index is 0.0504. The highest BCUT2D eigenvalue weighted by molar-refractivity contribution is 4.75. The molecule has 1 saturated carbocycles. The van der Waals surface area contributed by atoms with Gasteiger partial charge in [0, 0.05) is 25.8 Å². The van der Waals surface area contributed by atoms with Crippen molar-refractivity contribution in [3.05, 3.63) is 0 Å².